The van der Waals surface area contributed by atoms with E-state index < -0.39 is 0 Å². The lowest BCUT2D eigenvalue weighted by Gasteiger charge is -2.24. The minimum atomic E-state index is -0.319. The molecule has 6 aromatic rings. The van der Waals surface area contributed by atoms with Gasteiger partial charge in [0, 0.05) is 5.56 Å². The summed E-state index contributed by atoms with van der Waals surface area (Å²) in [4.78, 5) is 9.52. The summed E-state index contributed by atoms with van der Waals surface area (Å²) in [5, 5.41) is 9.51. The van der Waals surface area contributed by atoms with Gasteiger partial charge in [0.1, 0.15) is 17.8 Å². The van der Waals surface area contributed by atoms with Crippen LogP contribution in [0.1, 0.15) is 28.5 Å². The number of ether oxygens (including phenoxy) is 2. The van der Waals surface area contributed by atoms with E-state index in [9.17, 15) is 0 Å². The Labute approximate surface area is 205 Å². The molecule has 0 fully saturated rings. The zero-order valence-electron chi connectivity index (χ0n) is 19.5. The third kappa shape index (κ3) is 3.02. The van der Waals surface area contributed by atoms with Crippen molar-refractivity contribution >= 4 is 5.65 Å². The molecule has 7 rings (SSSR count). The zero-order valence-corrected chi connectivity index (χ0v) is 19.5. The average Bonchev–Trinajstić information content (AvgIpc) is 3.67. The van der Waals surface area contributed by atoms with Crippen LogP contribution in [0.15, 0.2) is 83.7 Å². The Bertz CT molecular complexity index is 1700. The standard InChI is InChI=1S/C27H20N6O3/c1-16-21-22(20-9-6-14-35-20)23-25-29-24(17-10-12-19(34-2)13-11-17)31-32(25)15-28-26(23)36-27(21)33(30-16)18-7-4-3-5-8-18/h3-15,22H,1-2H3. The number of benzene rings is 2. The maximum absolute atomic E-state index is 6.42. The summed E-state index contributed by atoms with van der Waals surface area (Å²) in [6, 6.07) is 21.4. The third-order valence-corrected chi connectivity index (χ3v) is 6.40. The van der Waals surface area contributed by atoms with E-state index in [1.165, 1.54) is 0 Å². The molecule has 36 heavy (non-hydrogen) atoms. The highest BCUT2D eigenvalue weighted by molar-refractivity contribution is 5.68. The molecule has 1 aliphatic rings. The van der Waals surface area contributed by atoms with Gasteiger partial charge in [-0.05, 0) is 55.5 Å². The largest absolute Gasteiger partial charge is 0.497 e. The van der Waals surface area contributed by atoms with Crippen LogP contribution in [0.3, 0.4) is 0 Å². The van der Waals surface area contributed by atoms with Crippen molar-refractivity contribution in [2.75, 3.05) is 7.11 Å². The maximum atomic E-state index is 6.42. The number of para-hydroxylation sites is 1. The lowest BCUT2D eigenvalue weighted by Crippen LogP contribution is -2.15. The Hall–Kier alpha value is -4.92. The van der Waals surface area contributed by atoms with E-state index in [-0.39, 0.29) is 5.92 Å². The topological polar surface area (TPSA) is 92.5 Å². The lowest BCUT2D eigenvalue weighted by atomic mass is 9.88. The molecule has 0 radical (unpaired) electrons. The van der Waals surface area contributed by atoms with Gasteiger partial charge in [0.15, 0.2) is 11.5 Å². The molecular formula is C27H20N6O3. The molecule has 0 saturated heterocycles. The van der Waals surface area contributed by atoms with Crippen LogP contribution in [0.25, 0.3) is 22.7 Å². The summed E-state index contributed by atoms with van der Waals surface area (Å²) in [6.07, 6.45) is 3.29. The molecule has 0 aliphatic carbocycles. The van der Waals surface area contributed by atoms with Gasteiger partial charge in [0.25, 0.3) is 0 Å². The van der Waals surface area contributed by atoms with Gasteiger partial charge < -0.3 is 13.9 Å². The van der Waals surface area contributed by atoms with Gasteiger partial charge in [-0.3, -0.25) is 0 Å². The fourth-order valence-corrected chi connectivity index (χ4v) is 4.72. The minimum absolute atomic E-state index is 0.319. The molecule has 0 spiro atoms. The van der Waals surface area contributed by atoms with Crippen LogP contribution in [-0.2, 0) is 0 Å². The van der Waals surface area contributed by atoms with Gasteiger partial charge in [0.2, 0.25) is 11.8 Å². The Morgan fingerprint density at radius 1 is 0.917 bits per heavy atom. The number of furan rings is 1. The van der Waals surface area contributed by atoms with Crippen LogP contribution in [-0.4, -0.2) is 36.5 Å². The Balaban J connectivity index is 1.45. The summed E-state index contributed by atoms with van der Waals surface area (Å²) in [5.41, 5.74) is 4.93. The second-order valence-electron chi connectivity index (χ2n) is 8.50. The van der Waals surface area contributed by atoms with Crippen LogP contribution >= 0.6 is 0 Å². The van der Waals surface area contributed by atoms with Crippen molar-refractivity contribution in [2.24, 2.45) is 0 Å². The summed E-state index contributed by atoms with van der Waals surface area (Å²) in [6.45, 7) is 1.97. The van der Waals surface area contributed by atoms with Crippen molar-refractivity contribution in [3.8, 4) is 34.6 Å². The molecular weight excluding hydrogens is 456 g/mol. The minimum Gasteiger partial charge on any atom is -0.497 e. The molecule has 1 aliphatic heterocycles. The van der Waals surface area contributed by atoms with E-state index in [2.05, 4.69) is 10.1 Å². The van der Waals surface area contributed by atoms with Crippen molar-refractivity contribution in [3.05, 3.63) is 102 Å². The predicted molar refractivity (Wildman–Crippen MR) is 131 cm³/mol. The van der Waals surface area contributed by atoms with Gasteiger partial charge in [-0.1, -0.05) is 18.2 Å². The highest BCUT2D eigenvalue weighted by Crippen LogP contribution is 2.49. The van der Waals surface area contributed by atoms with E-state index in [0.29, 0.717) is 23.2 Å². The first-order chi connectivity index (χ1) is 17.7. The Kier molecular flexibility index (Phi) is 4.44. The number of fused-ring (bicyclic) bond motifs is 4. The van der Waals surface area contributed by atoms with Crippen molar-refractivity contribution in [3.63, 3.8) is 0 Å². The first-order valence-electron chi connectivity index (χ1n) is 11.5. The Morgan fingerprint density at radius 2 is 1.75 bits per heavy atom. The molecule has 2 aromatic carbocycles. The van der Waals surface area contributed by atoms with Gasteiger partial charge in [0.05, 0.1) is 41.8 Å². The van der Waals surface area contributed by atoms with Crippen LogP contribution in [0.5, 0.6) is 17.5 Å². The monoisotopic (exact) mass is 476 g/mol. The first-order valence-corrected chi connectivity index (χ1v) is 11.5. The molecule has 1 unspecified atom stereocenters. The summed E-state index contributed by atoms with van der Waals surface area (Å²) in [7, 11) is 1.64. The van der Waals surface area contributed by atoms with Gasteiger partial charge >= 0.3 is 0 Å². The van der Waals surface area contributed by atoms with Crippen molar-refractivity contribution in [1.29, 1.82) is 0 Å². The fourth-order valence-electron chi connectivity index (χ4n) is 4.72. The maximum Gasteiger partial charge on any atom is 0.230 e. The second kappa shape index (κ2) is 7.81. The molecule has 1 atom stereocenters. The summed E-state index contributed by atoms with van der Waals surface area (Å²) >= 11 is 0. The normalized spacial score (nSPS) is 14.3. The molecule has 176 valence electrons. The number of rotatable bonds is 4. The molecule has 4 aromatic heterocycles. The SMILES string of the molecule is COc1ccc(-c2nc3c4c(ncn3n2)Oc2c(c(C)nn2-c2ccccc2)C4c2ccco2)cc1. The fraction of sp³-hybridized carbons (Fsp3) is 0.111. The van der Waals surface area contributed by atoms with E-state index >= 15 is 0 Å². The van der Waals surface area contributed by atoms with Crippen LogP contribution in [0.4, 0.5) is 0 Å². The molecule has 0 bridgehead atoms. The van der Waals surface area contributed by atoms with E-state index in [1.54, 1.807) is 24.2 Å². The van der Waals surface area contributed by atoms with Gasteiger partial charge in [-0.2, -0.15) is 5.10 Å². The van der Waals surface area contributed by atoms with E-state index in [0.717, 1.165) is 39.6 Å². The zero-order chi connectivity index (χ0) is 24.2. The predicted octanol–water partition coefficient (Wildman–Crippen LogP) is 5.17. The molecule has 0 saturated carbocycles. The number of nitrogens with zero attached hydrogens (tertiary/aromatic N) is 6. The van der Waals surface area contributed by atoms with Crippen molar-refractivity contribution in [2.45, 2.75) is 12.8 Å². The number of methoxy groups -OCH3 is 1. The van der Waals surface area contributed by atoms with Crippen LogP contribution < -0.4 is 9.47 Å². The molecule has 0 N–H and O–H groups in total. The molecule has 5 heterocycles. The smallest absolute Gasteiger partial charge is 0.230 e. The third-order valence-electron chi connectivity index (χ3n) is 6.40. The molecule has 9 heteroatoms. The van der Waals surface area contributed by atoms with Crippen LogP contribution in [0.2, 0.25) is 0 Å². The average molecular weight is 476 g/mol. The first kappa shape index (κ1) is 20.5. The number of hydrogen-bond acceptors (Lipinski definition) is 7. The van der Waals surface area contributed by atoms with Gasteiger partial charge in [-0.25, -0.2) is 19.2 Å². The molecule has 9 nitrogen and oxygen atoms in total. The Morgan fingerprint density at radius 3 is 2.50 bits per heavy atom. The number of aryl methyl sites for hydroxylation is 1. The summed E-state index contributed by atoms with van der Waals surface area (Å²) < 4.78 is 21.1. The van der Waals surface area contributed by atoms with Crippen molar-refractivity contribution < 1.29 is 13.9 Å². The van der Waals surface area contributed by atoms with Gasteiger partial charge in [-0.15, -0.1) is 5.10 Å². The highest BCUT2D eigenvalue weighted by Gasteiger charge is 2.39. The van der Waals surface area contributed by atoms with Crippen molar-refractivity contribution in [1.82, 2.24) is 29.4 Å². The van der Waals surface area contributed by atoms with E-state index in [4.69, 9.17) is 24.0 Å². The molecule has 0 amide bonds. The second-order valence-corrected chi connectivity index (χ2v) is 8.50. The number of hydrogen-bond donors (Lipinski definition) is 0. The highest BCUT2D eigenvalue weighted by atomic mass is 16.5. The van der Waals surface area contributed by atoms with Crippen LogP contribution in [0, 0.1) is 6.92 Å². The number of aromatic nitrogens is 6. The summed E-state index contributed by atoms with van der Waals surface area (Å²) in [5.74, 6) is 2.84. The van der Waals surface area contributed by atoms with E-state index in [1.807, 2.05) is 78.3 Å². The lowest BCUT2D eigenvalue weighted by molar-refractivity contribution is 0.392. The quantitative estimate of drug-likeness (QED) is 0.346.